The van der Waals surface area contributed by atoms with E-state index in [2.05, 4.69) is 13.8 Å². The quantitative estimate of drug-likeness (QED) is 0.0533. The summed E-state index contributed by atoms with van der Waals surface area (Å²) in [6.45, 7) is 31.8. The fraction of sp³-hybridized carbons (Fsp3) is 0.887. The van der Waals surface area contributed by atoms with E-state index >= 15 is 0 Å². The van der Waals surface area contributed by atoms with Gasteiger partial charge in [0.1, 0.15) is 37.2 Å². The topological polar surface area (TPSA) is 189 Å². The highest BCUT2D eigenvalue weighted by Crippen LogP contribution is 2.07. The maximum atomic E-state index is 11.6. The summed E-state index contributed by atoms with van der Waals surface area (Å²) in [5.74, 6) is 2.81. The molecule has 0 heterocycles. The molecule has 408 valence electrons. The van der Waals surface area contributed by atoms with Crippen LogP contribution in [0.5, 0.6) is 0 Å². The predicted octanol–water partition coefficient (Wildman–Crippen LogP) is 8.00. The van der Waals surface area contributed by atoms with Crippen LogP contribution in [-0.4, -0.2) is 172 Å². The number of Topliss-reactive ketones (excluding diaryl/α,β-unsaturated/α-hetero) is 5. The third kappa shape index (κ3) is 57.9. The Kier molecular flexibility index (Phi) is 51.7. The van der Waals surface area contributed by atoms with Crippen LogP contribution < -0.4 is 0 Å². The highest BCUT2D eigenvalue weighted by Gasteiger charge is 2.12. The molecule has 0 aliphatic heterocycles. The van der Waals surface area contributed by atoms with Gasteiger partial charge in [0, 0.05) is 83.8 Å². The molecule has 1 amide bonds. The van der Waals surface area contributed by atoms with Crippen LogP contribution in [-0.2, 0) is 71.4 Å². The Morgan fingerprint density at radius 3 is 0.884 bits per heavy atom. The summed E-state index contributed by atoms with van der Waals surface area (Å²) in [4.78, 5) is 70.4. The first-order valence-corrected chi connectivity index (χ1v) is 25.7. The summed E-state index contributed by atoms with van der Waals surface area (Å²) < 4.78 is 48.0. The largest absolute Gasteiger partial charge is 0.379 e. The van der Waals surface area contributed by atoms with Gasteiger partial charge in [0.25, 0.3) is 0 Å². The minimum Gasteiger partial charge on any atom is -0.379 e. The average molecular weight is 992 g/mol. The lowest BCUT2D eigenvalue weighted by Crippen LogP contribution is -2.36. The van der Waals surface area contributed by atoms with E-state index < -0.39 is 0 Å². The lowest BCUT2D eigenvalue weighted by atomic mass is 10.0. The normalized spacial score (nSPS) is 11.3. The molecule has 0 saturated heterocycles. The Bertz CT molecular complexity index is 1230. The summed E-state index contributed by atoms with van der Waals surface area (Å²) >= 11 is 0. The van der Waals surface area contributed by atoms with Gasteiger partial charge in [-0.3, -0.25) is 28.8 Å². The van der Waals surface area contributed by atoms with Crippen molar-refractivity contribution in [3.8, 4) is 0 Å². The summed E-state index contributed by atoms with van der Waals surface area (Å²) in [6.07, 6.45) is 6.61. The van der Waals surface area contributed by atoms with Crippen LogP contribution in [0.1, 0.15) is 147 Å². The maximum absolute atomic E-state index is 11.6. The number of hydrogen-bond acceptors (Lipinski definition) is 15. The lowest BCUT2D eigenvalue weighted by molar-refractivity contribution is -0.137. The molecule has 0 N–H and O–H groups in total. The number of hydrogen-bond donors (Lipinski definition) is 0. The SMILES string of the molecule is CC(C)CC(=O)CCCOCCOCCOCC(=O)C(C)C.CC(C)CC(=O)CCCOCCOCCOCC(=O)CC(C)C.CC(C)CC(=O)CCCOCCOCCOCC(=O)N(C)C(C)C. The van der Waals surface area contributed by atoms with Crippen LogP contribution >= 0.6 is 0 Å². The van der Waals surface area contributed by atoms with Crippen LogP contribution in [0.15, 0.2) is 0 Å². The van der Waals surface area contributed by atoms with Crippen LogP contribution in [0.25, 0.3) is 0 Å². The number of carbonyl (C=O) groups excluding carboxylic acids is 6. The van der Waals surface area contributed by atoms with Gasteiger partial charge in [-0.15, -0.1) is 0 Å². The molecule has 0 bridgehead atoms. The number of nitrogens with zero attached hydrogens (tertiary/aromatic N) is 1. The minimum atomic E-state index is -0.0275. The van der Waals surface area contributed by atoms with Crippen molar-refractivity contribution in [2.24, 2.45) is 29.6 Å². The molecule has 0 aliphatic carbocycles. The van der Waals surface area contributed by atoms with Crippen molar-refractivity contribution in [1.82, 2.24) is 4.90 Å². The summed E-state index contributed by atoms with van der Waals surface area (Å²) in [6, 6.07) is 0.176. The van der Waals surface area contributed by atoms with Gasteiger partial charge in [0.15, 0.2) is 11.6 Å². The Hall–Kier alpha value is -2.54. The molecular weight excluding hydrogens is 891 g/mol. The van der Waals surface area contributed by atoms with Gasteiger partial charge in [-0.2, -0.15) is 0 Å². The van der Waals surface area contributed by atoms with Gasteiger partial charge < -0.3 is 47.5 Å². The highest BCUT2D eigenvalue weighted by molar-refractivity contribution is 5.81. The Morgan fingerprint density at radius 2 is 0.594 bits per heavy atom. The van der Waals surface area contributed by atoms with E-state index in [9.17, 15) is 28.8 Å². The van der Waals surface area contributed by atoms with Crippen molar-refractivity contribution in [3.05, 3.63) is 0 Å². The van der Waals surface area contributed by atoms with Crippen LogP contribution in [0.3, 0.4) is 0 Å². The molecule has 0 aliphatic rings. The van der Waals surface area contributed by atoms with Gasteiger partial charge >= 0.3 is 0 Å². The molecule has 0 aromatic carbocycles. The Balaban J connectivity index is -0.000000948. The minimum absolute atomic E-state index is 0.0155. The van der Waals surface area contributed by atoms with Crippen molar-refractivity contribution >= 4 is 34.8 Å². The Labute approximate surface area is 418 Å². The van der Waals surface area contributed by atoms with Gasteiger partial charge in [-0.05, 0) is 56.8 Å². The molecule has 0 atom stereocenters. The molecule has 0 aromatic heterocycles. The maximum Gasteiger partial charge on any atom is 0.248 e. The van der Waals surface area contributed by atoms with E-state index in [1.807, 2.05) is 69.2 Å². The first-order chi connectivity index (χ1) is 32.7. The summed E-state index contributed by atoms with van der Waals surface area (Å²) in [7, 11) is 1.76. The van der Waals surface area contributed by atoms with E-state index in [0.717, 1.165) is 19.3 Å². The fourth-order valence-electron chi connectivity index (χ4n) is 5.69. The Morgan fingerprint density at radius 1 is 0.333 bits per heavy atom. The predicted molar refractivity (Wildman–Crippen MR) is 271 cm³/mol. The molecule has 16 nitrogen and oxygen atoms in total. The van der Waals surface area contributed by atoms with Gasteiger partial charge in [-0.25, -0.2) is 0 Å². The van der Waals surface area contributed by atoms with E-state index in [1.54, 1.807) is 11.9 Å². The molecule has 0 fully saturated rings. The first kappa shape index (κ1) is 70.7. The average Bonchev–Trinajstić information content (AvgIpc) is 3.25. The van der Waals surface area contributed by atoms with Gasteiger partial charge in [0.2, 0.25) is 5.91 Å². The van der Waals surface area contributed by atoms with Gasteiger partial charge in [0.05, 0.1) is 79.3 Å². The molecule has 16 heteroatoms. The fourth-order valence-corrected chi connectivity index (χ4v) is 5.69. The van der Waals surface area contributed by atoms with Gasteiger partial charge in [-0.1, -0.05) is 69.2 Å². The summed E-state index contributed by atoms with van der Waals surface area (Å²) in [5, 5.41) is 0. The van der Waals surface area contributed by atoms with Crippen molar-refractivity contribution in [3.63, 3.8) is 0 Å². The number of ketones is 5. The zero-order valence-corrected chi connectivity index (χ0v) is 45.8. The van der Waals surface area contributed by atoms with Crippen molar-refractivity contribution in [2.75, 3.05) is 126 Å². The lowest BCUT2D eigenvalue weighted by Gasteiger charge is -2.21. The number of ether oxygens (including phenoxy) is 9. The van der Waals surface area contributed by atoms with E-state index in [-0.39, 0.29) is 49.3 Å². The van der Waals surface area contributed by atoms with E-state index in [1.165, 1.54) is 0 Å². The van der Waals surface area contributed by atoms with Crippen molar-refractivity contribution < 1.29 is 71.4 Å². The number of carbonyl (C=O) groups is 6. The third-order valence-corrected chi connectivity index (χ3v) is 9.55. The zero-order valence-electron chi connectivity index (χ0n) is 45.8. The van der Waals surface area contributed by atoms with Crippen LogP contribution in [0, 0.1) is 29.6 Å². The van der Waals surface area contributed by atoms with Crippen LogP contribution in [0.4, 0.5) is 0 Å². The first-order valence-electron chi connectivity index (χ1n) is 25.7. The highest BCUT2D eigenvalue weighted by atomic mass is 16.6. The second kappa shape index (κ2) is 50.4. The number of amides is 1. The molecule has 0 radical (unpaired) electrons. The molecule has 69 heavy (non-hydrogen) atoms. The number of likely N-dealkylation sites (N-methyl/N-ethyl adjacent to an activating group) is 1. The van der Waals surface area contributed by atoms with Crippen molar-refractivity contribution in [1.29, 1.82) is 0 Å². The molecule has 0 spiro atoms. The molecule has 0 saturated carbocycles. The standard InChI is InChI=1S/C18H35NO5.C18H34O5.C17H32O5/c1-15(2)13-17(20)7-6-8-22-9-10-23-11-12-24-14-18(21)19(5)16(3)4;1-15(2)12-17(19)6-5-7-21-8-9-22-10-11-23-14-18(20)13-16(3)4;1-14(2)12-16(18)6-5-7-20-8-9-21-10-11-22-13-17(19)15(3)4/h15-16H,6-14H2,1-5H3;15-16H,5-14H2,1-4H3;14-15H,5-13H2,1-4H3. The second-order valence-corrected chi connectivity index (χ2v) is 19.4. The third-order valence-electron chi connectivity index (χ3n) is 9.55. The van der Waals surface area contributed by atoms with Crippen LogP contribution in [0.2, 0.25) is 0 Å². The zero-order chi connectivity index (χ0) is 52.7. The summed E-state index contributed by atoms with van der Waals surface area (Å²) in [5.41, 5.74) is 0. The van der Waals surface area contributed by atoms with E-state index in [0.29, 0.717) is 185 Å². The molecule has 0 unspecified atom stereocenters. The monoisotopic (exact) mass is 992 g/mol. The molecular formula is C53H101NO15. The molecule has 0 rings (SSSR count). The van der Waals surface area contributed by atoms with E-state index in [4.69, 9.17) is 42.6 Å². The van der Waals surface area contributed by atoms with Crippen molar-refractivity contribution in [2.45, 2.75) is 153 Å². The second-order valence-electron chi connectivity index (χ2n) is 19.4. The number of rotatable bonds is 46. The smallest absolute Gasteiger partial charge is 0.248 e. The molecule has 0 aromatic rings.